The minimum absolute atomic E-state index is 0.223. The van der Waals surface area contributed by atoms with Gasteiger partial charge in [0.1, 0.15) is 18.5 Å². The Hall–Kier alpha value is -1.10. The van der Waals surface area contributed by atoms with E-state index in [1.807, 2.05) is 32.0 Å². The lowest BCUT2D eigenvalue weighted by Crippen LogP contribution is -2.48. The van der Waals surface area contributed by atoms with Crippen LogP contribution in [0.4, 0.5) is 0 Å². The Bertz CT molecular complexity index is 433. The summed E-state index contributed by atoms with van der Waals surface area (Å²) in [6.07, 6.45) is -0.0394. The van der Waals surface area contributed by atoms with Crippen molar-refractivity contribution >= 4 is 0 Å². The average molecular weight is 293 g/mol. The van der Waals surface area contributed by atoms with Crippen LogP contribution in [0.15, 0.2) is 18.2 Å². The molecule has 4 heteroatoms. The summed E-state index contributed by atoms with van der Waals surface area (Å²) in [4.78, 5) is 2.25. The van der Waals surface area contributed by atoms with Gasteiger partial charge < -0.3 is 14.6 Å². The predicted molar refractivity (Wildman–Crippen MR) is 83.9 cm³/mol. The SMILES string of the molecule is Cc1cccc(C)c1OC[C@H](O)CN1C[C@H](C)O[C@@H](C)C1. The van der Waals surface area contributed by atoms with Crippen LogP contribution in [0.3, 0.4) is 0 Å². The summed E-state index contributed by atoms with van der Waals surface area (Å²) in [5, 5.41) is 10.2. The molecule has 0 amide bonds. The average Bonchev–Trinajstić information content (AvgIpc) is 2.36. The van der Waals surface area contributed by atoms with Gasteiger partial charge in [-0.05, 0) is 38.8 Å². The number of hydrogen-bond donors (Lipinski definition) is 1. The third kappa shape index (κ3) is 4.70. The molecule has 1 aliphatic heterocycles. The van der Waals surface area contributed by atoms with Gasteiger partial charge in [-0.3, -0.25) is 4.90 Å². The zero-order valence-electron chi connectivity index (χ0n) is 13.5. The van der Waals surface area contributed by atoms with Crippen LogP contribution in [-0.2, 0) is 4.74 Å². The number of rotatable bonds is 5. The number of para-hydroxylation sites is 1. The topological polar surface area (TPSA) is 41.9 Å². The molecule has 4 nitrogen and oxygen atoms in total. The Morgan fingerprint density at radius 3 is 2.38 bits per heavy atom. The highest BCUT2D eigenvalue weighted by Crippen LogP contribution is 2.22. The van der Waals surface area contributed by atoms with Gasteiger partial charge in [0.2, 0.25) is 0 Å². The van der Waals surface area contributed by atoms with Crippen molar-refractivity contribution in [2.75, 3.05) is 26.2 Å². The minimum atomic E-state index is -0.485. The van der Waals surface area contributed by atoms with E-state index in [0.29, 0.717) is 13.2 Å². The number of aryl methyl sites for hydroxylation is 2. The summed E-state index contributed by atoms with van der Waals surface area (Å²) in [7, 11) is 0. The molecule has 21 heavy (non-hydrogen) atoms. The number of ether oxygens (including phenoxy) is 2. The highest BCUT2D eigenvalue weighted by Gasteiger charge is 2.24. The normalized spacial score (nSPS) is 24.8. The van der Waals surface area contributed by atoms with Crippen LogP contribution in [0.5, 0.6) is 5.75 Å². The van der Waals surface area contributed by atoms with Crippen LogP contribution in [0.2, 0.25) is 0 Å². The van der Waals surface area contributed by atoms with E-state index in [1.165, 1.54) is 0 Å². The van der Waals surface area contributed by atoms with Crippen LogP contribution in [0, 0.1) is 13.8 Å². The van der Waals surface area contributed by atoms with Crippen LogP contribution in [0.1, 0.15) is 25.0 Å². The molecule has 1 fully saturated rings. The third-order valence-electron chi connectivity index (χ3n) is 3.79. The number of hydrogen-bond acceptors (Lipinski definition) is 4. The van der Waals surface area contributed by atoms with Crippen molar-refractivity contribution in [2.45, 2.75) is 46.0 Å². The fraction of sp³-hybridized carbons (Fsp3) is 0.647. The lowest BCUT2D eigenvalue weighted by Gasteiger charge is -2.36. The second-order valence-electron chi connectivity index (χ2n) is 6.16. The molecule has 0 aliphatic carbocycles. The molecule has 0 aromatic heterocycles. The minimum Gasteiger partial charge on any atom is -0.490 e. The first-order valence-electron chi connectivity index (χ1n) is 7.70. The summed E-state index contributed by atoms with van der Waals surface area (Å²) in [5.41, 5.74) is 2.21. The molecule has 1 aromatic carbocycles. The number of aliphatic hydroxyl groups excluding tert-OH is 1. The van der Waals surface area contributed by atoms with Crippen molar-refractivity contribution in [3.8, 4) is 5.75 Å². The van der Waals surface area contributed by atoms with Crippen LogP contribution in [0.25, 0.3) is 0 Å². The van der Waals surface area contributed by atoms with E-state index in [1.54, 1.807) is 0 Å². The van der Waals surface area contributed by atoms with Crippen LogP contribution >= 0.6 is 0 Å². The first kappa shape index (κ1) is 16.3. The molecule has 0 spiro atoms. The van der Waals surface area contributed by atoms with Gasteiger partial charge in [-0.1, -0.05) is 18.2 Å². The standard InChI is InChI=1S/C17H27NO3/c1-12-6-5-7-13(2)17(12)20-11-16(19)10-18-8-14(3)21-15(4)9-18/h5-7,14-16,19H,8-11H2,1-4H3/t14-,15-,16+/m0/s1. The van der Waals surface area contributed by atoms with E-state index >= 15 is 0 Å². The first-order chi connectivity index (χ1) is 9.95. The first-order valence-corrected chi connectivity index (χ1v) is 7.70. The number of benzene rings is 1. The molecule has 3 atom stereocenters. The lowest BCUT2D eigenvalue weighted by molar-refractivity contribution is -0.0787. The van der Waals surface area contributed by atoms with E-state index in [-0.39, 0.29) is 12.2 Å². The largest absolute Gasteiger partial charge is 0.490 e. The molecule has 118 valence electrons. The highest BCUT2D eigenvalue weighted by atomic mass is 16.5. The number of nitrogens with zero attached hydrogens (tertiary/aromatic N) is 1. The van der Waals surface area contributed by atoms with Gasteiger partial charge in [-0.2, -0.15) is 0 Å². The Labute approximate surface area is 127 Å². The molecule has 0 bridgehead atoms. The second kappa shape index (κ2) is 7.25. The monoisotopic (exact) mass is 293 g/mol. The Kier molecular flexibility index (Phi) is 5.62. The number of β-amino-alcohol motifs (C(OH)–C–C–N with tert-alkyl or cyclic N) is 1. The Morgan fingerprint density at radius 1 is 1.24 bits per heavy atom. The van der Waals surface area contributed by atoms with E-state index in [0.717, 1.165) is 30.0 Å². The van der Waals surface area contributed by atoms with Gasteiger partial charge >= 0.3 is 0 Å². The molecule has 1 N–H and O–H groups in total. The van der Waals surface area contributed by atoms with E-state index in [9.17, 15) is 5.11 Å². The molecule has 1 saturated heterocycles. The van der Waals surface area contributed by atoms with Gasteiger partial charge in [-0.15, -0.1) is 0 Å². The number of aliphatic hydroxyl groups is 1. The van der Waals surface area contributed by atoms with Gasteiger partial charge in [0, 0.05) is 19.6 Å². The summed E-state index contributed by atoms with van der Waals surface area (Å²) in [6.45, 7) is 10.9. The van der Waals surface area contributed by atoms with Crippen molar-refractivity contribution in [1.29, 1.82) is 0 Å². The van der Waals surface area contributed by atoms with E-state index in [4.69, 9.17) is 9.47 Å². The van der Waals surface area contributed by atoms with E-state index in [2.05, 4.69) is 18.7 Å². The maximum absolute atomic E-state index is 10.2. The molecule has 1 aliphatic rings. The Balaban J connectivity index is 1.83. The maximum atomic E-state index is 10.2. The van der Waals surface area contributed by atoms with Crippen molar-refractivity contribution in [1.82, 2.24) is 4.90 Å². The molecule has 2 rings (SSSR count). The van der Waals surface area contributed by atoms with Gasteiger partial charge in [-0.25, -0.2) is 0 Å². The van der Waals surface area contributed by atoms with Gasteiger partial charge in [0.05, 0.1) is 12.2 Å². The smallest absolute Gasteiger partial charge is 0.125 e. The summed E-state index contributed by atoms with van der Waals surface area (Å²) < 4.78 is 11.5. The third-order valence-corrected chi connectivity index (χ3v) is 3.79. The molecular weight excluding hydrogens is 266 g/mol. The van der Waals surface area contributed by atoms with Crippen LogP contribution < -0.4 is 4.74 Å². The maximum Gasteiger partial charge on any atom is 0.125 e. The summed E-state index contributed by atoms with van der Waals surface area (Å²) in [5.74, 6) is 0.889. The fourth-order valence-electron chi connectivity index (χ4n) is 2.99. The fourth-order valence-corrected chi connectivity index (χ4v) is 2.99. The van der Waals surface area contributed by atoms with E-state index < -0.39 is 6.10 Å². The molecule has 0 unspecified atom stereocenters. The summed E-state index contributed by atoms with van der Waals surface area (Å²) >= 11 is 0. The van der Waals surface area contributed by atoms with Crippen molar-refractivity contribution in [3.63, 3.8) is 0 Å². The second-order valence-corrected chi connectivity index (χ2v) is 6.16. The van der Waals surface area contributed by atoms with Gasteiger partial charge in [0.25, 0.3) is 0 Å². The molecule has 1 heterocycles. The molecular formula is C17H27NO3. The lowest BCUT2D eigenvalue weighted by atomic mass is 10.1. The van der Waals surface area contributed by atoms with Crippen molar-refractivity contribution in [3.05, 3.63) is 29.3 Å². The highest BCUT2D eigenvalue weighted by molar-refractivity contribution is 5.39. The van der Waals surface area contributed by atoms with Crippen molar-refractivity contribution in [2.24, 2.45) is 0 Å². The molecule has 0 saturated carbocycles. The molecule has 0 radical (unpaired) electrons. The van der Waals surface area contributed by atoms with Crippen molar-refractivity contribution < 1.29 is 14.6 Å². The quantitative estimate of drug-likeness (QED) is 0.903. The summed E-state index contributed by atoms with van der Waals surface area (Å²) in [6, 6.07) is 6.07. The molecule has 1 aromatic rings. The zero-order valence-corrected chi connectivity index (χ0v) is 13.5. The zero-order chi connectivity index (χ0) is 15.4. The Morgan fingerprint density at radius 2 is 1.81 bits per heavy atom. The van der Waals surface area contributed by atoms with Crippen LogP contribution in [-0.4, -0.2) is 54.6 Å². The number of morpholine rings is 1. The van der Waals surface area contributed by atoms with Gasteiger partial charge in [0.15, 0.2) is 0 Å². The predicted octanol–water partition coefficient (Wildman–Crippen LogP) is 2.15.